The van der Waals surface area contributed by atoms with Gasteiger partial charge in [-0.15, -0.1) is 0 Å². The normalized spacial score (nSPS) is 9.57. The maximum Gasteiger partial charge on any atom is 0.308 e. The quantitative estimate of drug-likeness (QED) is 0.717. The number of hydrogen-bond acceptors (Lipinski definition) is 4. The number of rotatable bonds is 4. The summed E-state index contributed by atoms with van der Waals surface area (Å²) in [6.45, 7) is 0.236. The van der Waals surface area contributed by atoms with Crippen molar-refractivity contribution in [1.82, 2.24) is 4.98 Å². The van der Waals surface area contributed by atoms with E-state index >= 15 is 0 Å². The highest BCUT2D eigenvalue weighted by Crippen LogP contribution is 2.13. The highest BCUT2D eigenvalue weighted by atomic mass is 35.5. The van der Waals surface area contributed by atoms with Gasteiger partial charge < -0.3 is 9.47 Å². The van der Waals surface area contributed by atoms with E-state index in [-0.39, 0.29) is 19.0 Å². The van der Waals surface area contributed by atoms with Gasteiger partial charge in [0.05, 0.1) is 13.5 Å². The predicted octanol–water partition coefficient (Wildman–Crippen LogP) is 1.68. The number of hydrogen-bond donors (Lipinski definition) is 0. The first-order chi connectivity index (χ1) is 6.72. The molecule has 0 aliphatic heterocycles. The molecular formula is C9H10ClNO3. The Labute approximate surface area is 86.8 Å². The Balaban J connectivity index is 2.35. The Morgan fingerprint density at radius 3 is 3.07 bits per heavy atom. The van der Waals surface area contributed by atoms with E-state index in [4.69, 9.17) is 16.3 Å². The summed E-state index contributed by atoms with van der Waals surface area (Å²) in [5, 5.41) is 0.549. The zero-order chi connectivity index (χ0) is 10.4. The molecule has 0 aliphatic rings. The third kappa shape index (κ3) is 3.62. The fourth-order valence-corrected chi connectivity index (χ4v) is 0.955. The molecule has 5 heteroatoms. The molecule has 0 unspecified atom stereocenters. The van der Waals surface area contributed by atoms with Gasteiger partial charge in [0.25, 0.3) is 0 Å². The molecular weight excluding hydrogens is 206 g/mol. The summed E-state index contributed by atoms with van der Waals surface area (Å²) in [5.74, 6) is 0.0911. The first-order valence-electron chi connectivity index (χ1n) is 4.03. The second-order valence-electron chi connectivity index (χ2n) is 2.49. The molecule has 76 valence electrons. The van der Waals surface area contributed by atoms with Gasteiger partial charge in [-0.25, -0.2) is 4.98 Å². The van der Waals surface area contributed by atoms with E-state index in [9.17, 15) is 4.79 Å². The number of pyridine rings is 1. The second-order valence-corrected chi connectivity index (χ2v) is 2.92. The van der Waals surface area contributed by atoms with Crippen molar-refractivity contribution in [3.05, 3.63) is 23.4 Å². The van der Waals surface area contributed by atoms with Crippen molar-refractivity contribution in [2.24, 2.45) is 0 Å². The predicted molar refractivity (Wildman–Crippen MR) is 51.4 cm³/mol. The molecule has 0 aliphatic carbocycles. The van der Waals surface area contributed by atoms with Crippen LogP contribution in [0.15, 0.2) is 18.3 Å². The molecule has 0 amide bonds. The number of aromatic nitrogens is 1. The molecule has 14 heavy (non-hydrogen) atoms. The summed E-state index contributed by atoms with van der Waals surface area (Å²) in [6, 6.07) is 3.23. The van der Waals surface area contributed by atoms with Gasteiger partial charge in [-0.2, -0.15) is 0 Å². The molecule has 0 fully saturated rings. The summed E-state index contributed by atoms with van der Waals surface area (Å²) < 4.78 is 9.61. The summed E-state index contributed by atoms with van der Waals surface area (Å²) in [4.78, 5) is 14.6. The maximum absolute atomic E-state index is 10.7. The minimum Gasteiger partial charge on any atom is -0.477 e. The topological polar surface area (TPSA) is 48.4 Å². The molecule has 0 atom stereocenters. The van der Waals surface area contributed by atoms with Gasteiger partial charge in [-0.1, -0.05) is 11.6 Å². The van der Waals surface area contributed by atoms with E-state index in [2.05, 4.69) is 9.72 Å². The van der Waals surface area contributed by atoms with Gasteiger partial charge in [0.1, 0.15) is 6.61 Å². The standard InChI is InChI=1S/C9H10ClNO3/c1-13-9(12)3-5-14-8-6-7(10)2-4-11-8/h2,4,6H,3,5H2,1H3. The summed E-state index contributed by atoms with van der Waals surface area (Å²) in [5.41, 5.74) is 0. The van der Waals surface area contributed by atoms with Crippen LogP contribution in [0.1, 0.15) is 6.42 Å². The maximum atomic E-state index is 10.7. The Hall–Kier alpha value is -1.29. The van der Waals surface area contributed by atoms with Crippen LogP contribution in [0.3, 0.4) is 0 Å². The zero-order valence-electron chi connectivity index (χ0n) is 7.70. The average molecular weight is 216 g/mol. The van der Waals surface area contributed by atoms with Crippen LogP contribution in [0.2, 0.25) is 5.02 Å². The van der Waals surface area contributed by atoms with E-state index in [1.165, 1.54) is 13.3 Å². The number of esters is 1. The van der Waals surface area contributed by atoms with E-state index in [1.54, 1.807) is 12.1 Å². The molecule has 0 saturated heterocycles. The van der Waals surface area contributed by atoms with Crippen molar-refractivity contribution in [2.45, 2.75) is 6.42 Å². The Kier molecular flexibility index (Phi) is 4.19. The molecule has 0 saturated carbocycles. The molecule has 1 heterocycles. The zero-order valence-corrected chi connectivity index (χ0v) is 8.45. The highest BCUT2D eigenvalue weighted by Gasteiger charge is 2.01. The lowest BCUT2D eigenvalue weighted by Crippen LogP contribution is -2.07. The lowest BCUT2D eigenvalue weighted by molar-refractivity contribution is -0.141. The Morgan fingerprint density at radius 2 is 2.43 bits per heavy atom. The molecule has 1 aromatic rings. The summed E-state index contributed by atoms with van der Waals surface area (Å²) >= 11 is 5.70. The fraction of sp³-hybridized carbons (Fsp3) is 0.333. The van der Waals surface area contributed by atoms with Gasteiger partial charge in [0, 0.05) is 17.3 Å². The lowest BCUT2D eigenvalue weighted by Gasteiger charge is -2.03. The van der Waals surface area contributed by atoms with Crippen molar-refractivity contribution in [3.8, 4) is 5.88 Å². The average Bonchev–Trinajstić information content (AvgIpc) is 2.17. The number of methoxy groups -OCH3 is 1. The second kappa shape index (κ2) is 5.44. The van der Waals surface area contributed by atoms with Crippen LogP contribution in [0.5, 0.6) is 5.88 Å². The van der Waals surface area contributed by atoms with Gasteiger partial charge in [-0.05, 0) is 6.07 Å². The van der Waals surface area contributed by atoms with Crippen LogP contribution in [0.4, 0.5) is 0 Å². The van der Waals surface area contributed by atoms with Crippen molar-refractivity contribution in [2.75, 3.05) is 13.7 Å². The monoisotopic (exact) mass is 215 g/mol. The first-order valence-corrected chi connectivity index (χ1v) is 4.41. The molecule has 0 aromatic carbocycles. The van der Waals surface area contributed by atoms with Crippen molar-refractivity contribution in [1.29, 1.82) is 0 Å². The number of carbonyl (C=O) groups is 1. The Morgan fingerprint density at radius 1 is 1.64 bits per heavy atom. The van der Waals surface area contributed by atoms with Crippen LogP contribution in [-0.4, -0.2) is 24.7 Å². The van der Waals surface area contributed by atoms with Gasteiger partial charge in [-0.3, -0.25) is 4.79 Å². The molecule has 0 radical (unpaired) electrons. The summed E-state index contributed by atoms with van der Waals surface area (Å²) in [6.07, 6.45) is 1.74. The van der Waals surface area contributed by atoms with Crippen LogP contribution < -0.4 is 4.74 Å². The van der Waals surface area contributed by atoms with Gasteiger partial charge in [0.15, 0.2) is 0 Å². The molecule has 1 aromatic heterocycles. The smallest absolute Gasteiger partial charge is 0.308 e. The van der Waals surface area contributed by atoms with Crippen LogP contribution in [0, 0.1) is 0 Å². The third-order valence-corrected chi connectivity index (χ3v) is 1.72. The molecule has 1 rings (SSSR count). The number of carbonyl (C=O) groups excluding carboxylic acids is 1. The number of nitrogens with zero attached hydrogens (tertiary/aromatic N) is 1. The minimum absolute atomic E-state index is 0.199. The lowest BCUT2D eigenvalue weighted by atomic mass is 10.4. The van der Waals surface area contributed by atoms with Gasteiger partial charge >= 0.3 is 5.97 Å². The van der Waals surface area contributed by atoms with E-state index in [0.717, 1.165) is 0 Å². The Bertz CT molecular complexity index is 317. The minimum atomic E-state index is -0.313. The van der Waals surface area contributed by atoms with E-state index in [1.807, 2.05) is 0 Å². The van der Waals surface area contributed by atoms with Crippen LogP contribution in [-0.2, 0) is 9.53 Å². The van der Waals surface area contributed by atoms with Crippen molar-refractivity contribution >= 4 is 17.6 Å². The van der Waals surface area contributed by atoms with E-state index in [0.29, 0.717) is 10.9 Å². The molecule has 0 bridgehead atoms. The SMILES string of the molecule is COC(=O)CCOc1cc(Cl)ccn1. The fourth-order valence-electron chi connectivity index (χ4n) is 0.805. The van der Waals surface area contributed by atoms with Crippen LogP contribution in [0.25, 0.3) is 0 Å². The largest absolute Gasteiger partial charge is 0.477 e. The van der Waals surface area contributed by atoms with Crippen molar-refractivity contribution < 1.29 is 14.3 Å². The van der Waals surface area contributed by atoms with Crippen molar-refractivity contribution in [3.63, 3.8) is 0 Å². The molecule has 4 nitrogen and oxygen atoms in total. The van der Waals surface area contributed by atoms with Gasteiger partial charge in [0.2, 0.25) is 5.88 Å². The molecule has 0 N–H and O–H groups in total. The third-order valence-electron chi connectivity index (χ3n) is 1.48. The number of halogens is 1. The summed E-state index contributed by atoms with van der Waals surface area (Å²) in [7, 11) is 1.33. The number of ether oxygens (including phenoxy) is 2. The van der Waals surface area contributed by atoms with Crippen LogP contribution >= 0.6 is 11.6 Å². The molecule has 0 spiro atoms. The highest BCUT2D eigenvalue weighted by molar-refractivity contribution is 6.30. The van der Waals surface area contributed by atoms with E-state index < -0.39 is 0 Å². The first kappa shape index (κ1) is 10.8.